The van der Waals surface area contributed by atoms with Crippen LogP contribution < -0.4 is 11.1 Å². The van der Waals surface area contributed by atoms with Crippen molar-refractivity contribution in [2.45, 2.75) is 25.0 Å². The Morgan fingerprint density at radius 2 is 2.05 bits per heavy atom. The van der Waals surface area contributed by atoms with Gasteiger partial charge in [0.2, 0.25) is 5.91 Å². The van der Waals surface area contributed by atoms with Gasteiger partial charge in [0.25, 0.3) is 5.91 Å². The maximum Gasteiger partial charge on any atom is 0.296 e. The molecule has 0 radical (unpaired) electrons. The summed E-state index contributed by atoms with van der Waals surface area (Å²) in [6.07, 6.45) is 0.605. The number of carbonyl (C=O) groups is 2. The van der Waals surface area contributed by atoms with E-state index in [1.165, 1.54) is 0 Å². The average Bonchev–Trinajstić information content (AvgIpc) is 2.93. The molecule has 1 aliphatic rings. The van der Waals surface area contributed by atoms with Crippen molar-refractivity contribution in [2.75, 3.05) is 6.54 Å². The first-order chi connectivity index (χ1) is 9.65. The highest BCUT2D eigenvalue weighted by Crippen LogP contribution is 2.18. The summed E-state index contributed by atoms with van der Waals surface area (Å²) in [6, 6.07) is 9.27. The largest absolute Gasteiger partial charge is 0.367 e. The molecule has 0 aliphatic carbocycles. The van der Waals surface area contributed by atoms with E-state index in [2.05, 4.69) is 17.2 Å². The van der Waals surface area contributed by atoms with Crippen LogP contribution in [0.1, 0.15) is 18.4 Å². The highest BCUT2D eigenvalue weighted by atomic mass is 16.5. The van der Waals surface area contributed by atoms with Gasteiger partial charge in [0, 0.05) is 18.0 Å². The van der Waals surface area contributed by atoms with E-state index in [0.717, 1.165) is 5.56 Å². The highest BCUT2D eigenvalue weighted by molar-refractivity contribution is 5.94. The average molecular weight is 272 g/mol. The van der Waals surface area contributed by atoms with E-state index in [0.29, 0.717) is 19.4 Å². The zero-order chi connectivity index (χ0) is 14.4. The van der Waals surface area contributed by atoms with Gasteiger partial charge in [0.1, 0.15) is 6.10 Å². The Hall–Kier alpha value is -2.32. The van der Waals surface area contributed by atoms with Gasteiger partial charge in [0.15, 0.2) is 0 Å². The molecule has 1 saturated heterocycles. The number of nitrogens with two attached hydrogens (primary N) is 1. The van der Waals surface area contributed by atoms with Gasteiger partial charge in [-0.3, -0.25) is 9.59 Å². The van der Waals surface area contributed by atoms with E-state index < -0.39 is 12.0 Å². The van der Waals surface area contributed by atoms with Gasteiger partial charge < -0.3 is 15.8 Å². The van der Waals surface area contributed by atoms with Crippen molar-refractivity contribution in [3.63, 3.8) is 0 Å². The van der Waals surface area contributed by atoms with E-state index in [1.54, 1.807) is 0 Å². The lowest BCUT2D eigenvalue weighted by molar-refractivity contribution is -0.128. The molecule has 2 rings (SSSR count). The zero-order valence-corrected chi connectivity index (χ0v) is 11.0. The van der Waals surface area contributed by atoms with Crippen molar-refractivity contribution in [3.05, 3.63) is 35.9 Å². The lowest BCUT2D eigenvalue weighted by atomic mass is 10.2. The fourth-order valence-electron chi connectivity index (χ4n) is 1.97. The van der Waals surface area contributed by atoms with Gasteiger partial charge in [-0.2, -0.15) is 0 Å². The molecule has 104 valence electrons. The topological polar surface area (TPSA) is 81.4 Å². The van der Waals surface area contributed by atoms with Gasteiger partial charge in [-0.25, -0.2) is 0 Å². The number of hydrogen-bond acceptors (Lipinski definition) is 3. The highest BCUT2D eigenvalue weighted by Gasteiger charge is 2.28. The Balaban J connectivity index is 1.77. The van der Waals surface area contributed by atoms with Crippen molar-refractivity contribution in [3.8, 4) is 11.8 Å². The van der Waals surface area contributed by atoms with Gasteiger partial charge in [0.05, 0.1) is 6.10 Å². The van der Waals surface area contributed by atoms with Crippen LogP contribution in [-0.2, 0) is 14.3 Å². The summed E-state index contributed by atoms with van der Waals surface area (Å²) in [5.41, 5.74) is 5.94. The fraction of sp³-hybridized carbons (Fsp3) is 0.333. The number of ether oxygens (including phenoxy) is 1. The van der Waals surface area contributed by atoms with Crippen LogP contribution >= 0.6 is 0 Å². The Kier molecular flexibility index (Phi) is 4.75. The zero-order valence-electron chi connectivity index (χ0n) is 11.0. The molecule has 5 nitrogen and oxygen atoms in total. The second-order valence-corrected chi connectivity index (χ2v) is 4.55. The summed E-state index contributed by atoms with van der Waals surface area (Å²) in [7, 11) is 0. The molecule has 0 unspecified atom stereocenters. The monoisotopic (exact) mass is 272 g/mol. The van der Waals surface area contributed by atoms with Gasteiger partial charge in [-0.15, -0.1) is 0 Å². The van der Waals surface area contributed by atoms with Crippen molar-refractivity contribution in [1.29, 1.82) is 0 Å². The molecule has 3 N–H and O–H groups in total. The molecule has 20 heavy (non-hydrogen) atoms. The van der Waals surface area contributed by atoms with Gasteiger partial charge in [-0.1, -0.05) is 24.1 Å². The van der Waals surface area contributed by atoms with Crippen molar-refractivity contribution in [1.82, 2.24) is 5.32 Å². The van der Waals surface area contributed by atoms with E-state index >= 15 is 0 Å². The van der Waals surface area contributed by atoms with Crippen LogP contribution in [0.4, 0.5) is 0 Å². The van der Waals surface area contributed by atoms with Crippen LogP contribution in [0.25, 0.3) is 0 Å². The van der Waals surface area contributed by atoms with Crippen molar-refractivity contribution >= 4 is 11.8 Å². The summed E-state index contributed by atoms with van der Waals surface area (Å²) in [6.45, 7) is 0.339. The predicted molar refractivity (Wildman–Crippen MR) is 73.4 cm³/mol. The van der Waals surface area contributed by atoms with Crippen molar-refractivity contribution in [2.24, 2.45) is 5.73 Å². The lowest BCUT2D eigenvalue weighted by Crippen LogP contribution is -2.34. The first kappa shape index (κ1) is 14.1. The molecule has 2 atom stereocenters. The maximum absolute atomic E-state index is 11.6. The van der Waals surface area contributed by atoms with Crippen LogP contribution in [0, 0.1) is 11.8 Å². The molecule has 0 aromatic heterocycles. The van der Waals surface area contributed by atoms with Crippen molar-refractivity contribution < 1.29 is 14.3 Å². The third-order valence-electron chi connectivity index (χ3n) is 3.01. The van der Waals surface area contributed by atoms with E-state index in [9.17, 15) is 9.59 Å². The Labute approximate surface area is 117 Å². The number of amides is 2. The van der Waals surface area contributed by atoms with Gasteiger partial charge in [-0.05, 0) is 25.0 Å². The molecule has 0 bridgehead atoms. The third-order valence-corrected chi connectivity index (χ3v) is 3.01. The maximum atomic E-state index is 11.6. The number of carbonyl (C=O) groups excluding carboxylic acids is 2. The number of rotatable bonds is 3. The molecule has 1 heterocycles. The number of primary amides is 1. The molecule has 1 aromatic rings. The molecule has 2 amide bonds. The second kappa shape index (κ2) is 6.73. The van der Waals surface area contributed by atoms with Crippen LogP contribution in [0.3, 0.4) is 0 Å². The first-order valence-electron chi connectivity index (χ1n) is 6.45. The summed E-state index contributed by atoms with van der Waals surface area (Å²) in [5, 5.41) is 2.66. The van der Waals surface area contributed by atoms with E-state index in [-0.39, 0.29) is 12.0 Å². The SMILES string of the molecule is NC(=O)[C@@H]1CC[C@H](CNC(=O)C#Cc2ccccc2)O1. The molecule has 1 fully saturated rings. The summed E-state index contributed by atoms with van der Waals surface area (Å²) in [4.78, 5) is 22.5. The van der Waals surface area contributed by atoms with Crippen LogP contribution in [0.15, 0.2) is 30.3 Å². The Bertz CT molecular complexity index is 545. The summed E-state index contributed by atoms with van der Waals surface area (Å²) < 4.78 is 5.40. The first-order valence-corrected chi connectivity index (χ1v) is 6.45. The minimum absolute atomic E-state index is 0.171. The third kappa shape index (κ3) is 4.11. The molecule has 0 spiro atoms. The molecule has 1 aliphatic heterocycles. The number of hydrogen-bond donors (Lipinski definition) is 2. The van der Waals surface area contributed by atoms with Crippen LogP contribution in [0.2, 0.25) is 0 Å². The predicted octanol–water partition coefficient (Wildman–Crippen LogP) is 0.187. The molecule has 1 aromatic carbocycles. The van der Waals surface area contributed by atoms with E-state index in [4.69, 9.17) is 10.5 Å². The molecule has 5 heteroatoms. The quantitative estimate of drug-likeness (QED) is 0.771. The van der Waals surface area contributed by atoms with Crippen LogP contribution in [-0.4, -0.2) is 30.6 Å². The van der Waals surface area contributed by atoms with E-state index in [1.807, 2.05) is 30.3 Å². The molecule has 0 saturated carbocycles. The molecular formula is C15H16N2O3. The summed E-state index contributed by atoms with van der Waals surface area (Å²) in [5.74, 6) is 4.46. The number of benzene rings is 1. The minimum atomic E-state index is -0.535. The lowest BCUT2D eigenvalue weighted by Gasteiger charge is -2.11. The number of nitrogens with one attached hydrogen (secondary N) is 1. The molecular weight excluding hydrogens is 256 g/mol. The minimum Gasteiger partial charge on any atom is -0.367 e. The fourth-order valence-corrected chi connectivity index (χ4v) is 1.97. The van der Waals surface area contributed by atoms with Crippen LogP contribution in [0.5, 0.6) is 0 Å². The van der Waals surface area contributed by atoms with Gasteiger partial charge >= 0.3 is 0 Å². The second-order valence-electron chi connectivity index (χ2n) is 4.55. The Morgan fingerprint density at radius 3 is 2.70 bits per heavy atom. The Morgan fingerprint density at radius 1 is 1.30 bits per heavy atom. The summed E-state index contributed by atoms with van der Waals surface area (Å²) >= 11 is 0. The standard InChI is InChI=1S/C15H16N2O3/c16-15(19)13-8-7-12(20-13)10-17-14(18)9-6-11-4-2-1-3-5-11/h1-5,12-13H,7-8,10H2,(H2,16,19)(H,17,18)/t12-,13+/m1/s1. The smallest absolute Gasteiger partial charge is 0.296 e. The normalized spacial score (nSPS) is 20.8.